The van der Waals surface area contributed by atoms with Crippen LogP contribution in [0.5, 0.6) is 0 Å². The molecular weight excluding hydrogens is 426 g/mol. The van der Waals surface area contributed by atoms with Crippen LogP contribution >= 0.6 is 0 Å². The van der Waals surface area contributed by atoms with E-state index in [9.17, 15) is 14.4 Å². The van der Waals surface area contributed by atoms with Gasteiger partial charge in [-0.05, 0) is 49.6 Å². The van der Waals surface area contributed by atoms with E-state index in [1.807, 2.05) is 69.3 Å². The van der Waals surface area contributed by atoms with Crippen LogP contribution in [0.2, 0.25) is 0 Å². The predicted octanol–water partition coefficient (Wildman–Crippen LogP) is 4.57. The lowest BCUT2D eigenvalue weighted by atomic mass is 10.0. The summed E-state index contributed by atoms with van der Waals surface area (Å²) < 4.78 is 0. The smallest absolute Gasteiger partial charge is 0.251 e. The lowest BCUT2D eigenvalue weighted by Crippen LogP contribution is -2.38. The van der Waals surface area contributed by atoms with Crippen molar-refractivity contribution < 1.29 is 14.4 Å². The van der Waals surface area contributed by atoms with Crippen LogP contribution in [0, 0.1) is 20.8 Å². The molecule has 0 fully saturated rings. The van der Waals surface area contributed by atoms with Crippen molar-refractivity contribution in [1.82, 2.24) is 10.2 Å². The van der Waals surface area contributed by atoms with Crippen LogP contribution in [0.1, 0.15) is 45.1 Å². The zero-order chi connectivity index (χ0) is 24.7. The van der Waals surface area contributed by atoms with Crippen LogP contribution in [-0.2, 0) is 9.59 Å². The van der Waals surface area contributed by atoms with Crippen LogP contribution in [0.3, 0.4) is 0 Å². The largest absolute Gasteiger partial charge is 0.345 e. The van der Waals surface area contributed by atoms with E-state index in [-0.39, 0.29) is 30.7 Å². The molecule has 0 radical (unpaired) electrons. The van der Waals surface area contributed by atoms with E-state index >= 15 is 0 Å². The first-order valence-electron chi connectivity index (χ1n) is 11.3. The van der Waals surface area contributed by atoms with Gasteiger partial charge < -0.3 is 15.5 Å². The highest BCUT2D eigenvalue weighted by Crippen LogP contribution is 2.22. The highest BCUT2D eigenvalue weighted by atomic mass is 16.2. The molecule has 1 atom stereocenters. The number of nitrogens with one attached hydrogen (secondary N) is 2. The summed E-state index contributed by atoms with van der Waals surface area (Å²) in [5, 5.41) is 5.89. The number of nitrogens with zero attached hydrogens (tertiary/aromatic N) is 1. The molecule has 0 aliphatic heterocycles. The zero-order valence-electron chi connectivity index (χ0n) is 20.1. The Kier molecular flexibility index (Phi) is 8.19. The van der Waals surface area contributed by atoms with E-state index in [1.165, 1.54) is 4.90 Å². The second-order valence-corrected chi connectivity index (χ2v) is 8.58. The lowest BCUT2D eigenvalue weighted by molar-refractivity contribution is -0.133. The summed E-state index contributed by atoms with van der Waals surface area (Å²) in [5.41, 5.74) is 5.20. The van der Waals surface area contributed by atoms with Gasteiger partial charge in [0, 0.05) is 18.3 Å². The number of likely N-dealkylation sites (N-methyl/N-ethyl adjacent to an activating group) is 1. The van der Waals surface area contributed by atoms with Crippen molar-refractivity contribution in [2.45, 2.75) is 33.2 Å². The number of hydrogen-bond donors (Lipinski definition) is 2. The van der Waals surface area contributed by atoms with Crippen molar-refractivity contribution >= 4 is 23.4 Å². The first-order chi connectivity index (χ1) is 16.2. The zero-order valence-corrected chi connectivity index (χ0v) is 20.1. The second kappa shape index (κ2) is 11.3. The van der Waals surface area contributed by atoms with Crippen LogP contribution < -0.4 is 10.6 Å². The standard InChI is InChI=1S/C28H31N3O3/c1-19-15-20(2)27(21(3)16-19)30-25(32)18-31(4)26(33)17-24(22-11-7-5-8-12-22)29-28(34)23-13-9-6-10-14-23/h5-16,24H,17-18H2,1-4H3,(H,29,34)(H,30,32). The molecule has 6 heteroatoms. The Morgan fingerprint density at radius 2 is 1.41 bits per heavy atom. The monoisotopic (exact) mass is 457 g/mol. The minimum Gasteiger partial charge on any atom is -0.345 e. The third-order valence-corrected chi connectivity index (χ3v) is 5.67. The topological polar surface area (TPSA) is 78.5 Å². The SMILES string of the molecule is Cc1cc(C)c(NC(=O)CN(C)C(=O)CC(NC(=O)c2ccccc2)c2ccccc2)c(C)c1. The molecule has 3 aromatic carbocycles. The molecule has 0 aliphatic rings. The molecule has 2 N–H and O–H groups in total. The van der Waals surface area contributed by atoms with Crippen LogP contribution in [0.15, 0.2) is 72.8 Å². The molecule has 0 aliphatic carbocycles. The number of amides is 3. The van der Waals surface area contributed by atoms with Gasteiger partial charge in [0.25, 0.3) is 5.91 Å². The van der Waals surface area contributed by atoms with Gasteiger partial charge in [-0.2, -0.15) is 0 Å². The van der Waals surface area contributed by atoms with E-state index in [1.54, 1.807) is 31.3 Å². The highest BCUT2D eigenvalue weighted by Gasteiger charge is 2.22. The third kappa shape index (κ3) is 6.54. The Balaban J connectivity index is 1.67. The van der Waals surface area contributed by atoms with Crippen LogP contribution in [0.25, 0.3) is 0 Å². The fraction of sp³-hybridized carbons (Fsp3) is 0.250. The molecule has 0 heterocycles. The number of aryl methyl sites for hydroxylation is 3. The molecule has 0 aromatic heterocycles. The summed E-state index contributed by atoms with van der Waals surface area (Å²) in [6, 6.07) is 21.7. The average Bonchev–Trinajstić information content (AvgIpc) is 2.82. The number of rotatable bonds is 8. The highest BCUT2D eigenvalue weighted by molar-refractivity contribution is 5.96. The van der Waals surface area contributed by atoms with Crippen molar-refractivity contribution in [3.05, 3.63) is 101 Å². The number of benzene rings is 3. The van der Waals surface area contributed by atoms with E-state index in [4.69, 9.17) is 0 Å². The minimum atomic E-state index is -0.520. The van der Waals surface area contributed by atoms with Crippen molar-refractivity contribution in [3.8, 4) is 0 Å². The molecule has 3 amide bonds. The Morgan fingerprint density at radius 1 is 0.853 bits per heavy atom. The maximum atomic E-state index is 13.0. The molecule has 3 aromatic rings. The van der Waals surface area contributed by atoms with Crippen molar-refractivity contribution in [3.63, 3.8) is 0 Å². The van der Waals surface area contributed by atoms with Gasteiger partial charge in [-0.25, -0.2) is 0 Å². The van der Waals surface area contributed by atoms with Gasteiger partial charge in [0.15, 0.2) is 0 Å². The first kappa shape index (κ1) is 24.7. The predicted molar refractivity (Wildman–Crippen MR) is 135 cm³/mol. The summed E-state index contributed by atoms with van der Waals surface area (Å²) in [5.74, 6) is -0.766. The lowest BCUT2D eigenvalue weighted by Gasteiger charge is -2.23. The second-order valence-electron chi connectivity index (χ2n) is 8.58. The summed E-state index contributed by atoms with van der Waals surface area (Å²) in [7, 11) is 1.60. The van der Waals surface area contributed by atoms with Gasteiger partial charge in [0.1, 0.15) is 0 Å². The number of anilines is 1. The molecular formula is C28H31N3O3. The molecule has 1 unspecified atom stereocenters. The quantitative estimate of drug-likeness (QED) is 0.520. The molecule has 3 rings (SSSR count). The van der Waals surface area contributed by atoms with Crippen LogP contribution in [0.4, 0.5) is 5.69 Å². The Morgan fingerprint density at radius 3 is 2.00 bits per heavy atom. The molecule has 0 spiro atoms. The minimum absolute atomic E-state index is 0.0367. The number of hydrogen-bond acceptors (Lipinski definition) is 3. The van der Waals surface area contributed by atoms with E-state index in [0.29, 0.717) is 5.56 Å². The first-order valence-corrected chi connectivity index (χ1v) is 11.3. The van der Waals surface area contributed by atoms with Gasteiger partial charge in [-0.3, -0.25) is 14.4 Å². The Hall–Kier alpha value is -3.93. The fourth-order valence-electron chi connectivity index (χ4n) is 3.96. The molecule has 34 heavy (non-hydrogen) atoms. The fourth-order valence-corrected chi connectivity index (χ4v) is 3.96. The van der Waals surface area contributed by atoms with Gasteiger partial charge in [-0.1, -0.05) is 66.2 Å². The van der Waals surface area contributed by atoms with E-state index in [2.05, 4.69) is 10.6 Å². The van der Waals surface area contributed by atoms with Crippen molar-refractivity contribution in [1.29, 1.82) is 0 Å². The van der Waals surface area contributed by atoms with Gasteiger partial charge in [-0.15, -0.1) is 0 Å². The molecule has 0 saturated heterocycles. The maximum Gasteiger partial charge on any atom is 0.251 e. The molecule has 0 bridgehead atoms. The van der Waals surface area contributed by atoms with Crippen LogP contribution in [-0.4, -0.2) is 36.2 Å². The summed E-state index contributed by atoms with van der Waals surface area (Å²) in [6.07, 6.45) is 0.0367. The molecule has 176 valence electrons. The van der Waals surface area contributed by atoms with Crippen molar-refractivity contribution in [2.24, 2.45) is 0 Å². The summed E-state index contributed by atoms with van der Waals surface area (Å²) in [6.45, 7) is 5.83. The molecule has 0 saturated carbocycles. The van der Waals surface area contributed by atoms with Crippen molar-refractivity contribution in [2.75, 3.05) is 18.9 Å². The number of carbonyl (C=O) groups is 3. The number of carbonyl (C=O) groups excluding carboxylic acids is 3. The molecule has 6 nitrogen and oxygen atoms in total. The van der Waals surface area contributed by atoms with Gasteiger partial charge in [0.05, 0.1) is 19.0 Å². The van der Waals surface area contributed by atoms with E-state index < -0.39 is 6.04 Å². The van der Waals surface area contributed by atoms with Gasteiger partial charge in [0.2, 0.25) is 11.8 Å². The van der Waals surface area contributed by atoms with E-state index in [0.717, 1.165) is 27.9 Å². The summed E-state index contributed by atoms with van der Waals surface area (Å²) >= 11 is 0. The Labute approximate surface area is 201 Å². The third-order valence-electron chi connectivity index (χ3n) is 5.67. The summed E-state index contributed by atoms with van der Waals surface area (Å²) in [4.78, 5) is 39.8. The maximum absolute atomic E-state index is 13.0. The Bertz CT molecular complexity index is 1140. The van der Waals surface area contributed by atoms with Gasteiger partial charge >= 0.3 is 0 Å². The normalized spacial score (nSPS) is 11.4. The average molecular weight is 458 g/mol.